The van der Waals surface area contributed by atoms with E-state index in [4.69, 9.17) is 4.74 Å². The van der Waals surface area contributed by atoms with E-state index in [1.165, 1.54) is 12.1 Å². The van der Waals surface area contributed by atoms with Gasteiger partial charge in [0.05, 0.1) is 0 Å². The van der Waals surface area contributed by atoms with Gasteiger partial charge in [0, 0.05) is 0 Å². The third-order valence-corrected chi connectivity index (χ3v) is 3.48. The predicted molar refractivity (Wildman–Crippen MR) is 93.8 cm³/mol. The fourth-order valence-electron chi connectivity index (χ4n) is 2.10. The zero-order valence-corrected chi connectivity index (χ0v) is 13.3. The summed E-state index contributed by atoms with van der Waals surface area (Å²) in [5.41, 5.74) is 5.62. The highest BCUT2D eigenvalue weighted by molar-refractivity contribution is 5.90. The van der Waals surface area contributed by atoms with Gasteiger partial charge in [0.15, 0.2) is 5.90 Å². The van der Waals surface area contributed by atoms with Gasteiger partial charge in [0.2, 0.25) is 0 Å². The Morgan fingerprint density at radius 3 is 2.32 bits per heavy atom. The van der Waals surface area contributed by atoms with Crippen molar-refractivity contribution in [2.75, 3.05) is 0 Å². The van der Waals surface area contributed by atoms with Gasteiger partial charge < -0.3 is 20.4 Å². The van der Waals surface area contributed by atoms with Crippen LogP contribution in [0.4, 0.5) is 4.39 Å². The number of hydrogen-bond acceptors (Lipinski definition) is 3. The molecule has 0 fully saturated rings. The number of ether oxygens (including phenoxy) is 1. The molecule has 0 saturated carbocycles. The second-order valence-corrected chi connectivity index (χ2v) is 5.33. The number of nitrogens with zero attached hydrogens (tertiary/aromatic N) is 2. The van der Waals surface area contributed by atoms with Crippen LogP contribution in [0.25, 0.3) is 17.8 Å². The van der Waals surface area contributed by atoms with E-state index in [0.717, 1.165) is 17.0 Å². The predicted octanol–water partition coefficient (Wildman–Crippen LogP) is 2.06. The Morgan fingerprint density at radius 1 is 0.960 bits per heavy atom. The molecule has 25 heavy (non-hydrogen) atoms. The van der Waals surface area contributed by atoms with Gasteiger partial charge in [0.25, 0.3) is 0 Å². The quantitative estimate of drug-likeness (QED) is 0.863. The van der Waals surface area contributed by atoms with E-state index in [-0.39, 0.29) is 5.82 Å². The summed E-state index contributed by atoms with van der Waals surface area (Å²) in [5, 5.41) is 16.2. The average molecular weight is 334 g/mol. The summed E-state index contributed by atoms with van der Waals surface area (Å²) >= 11 is 0. The lowest BCUT2D eigenvalue weighted by molar-refractivity contribution is -0.229. The van der Waals surface area contributed by atoms with Crippen molar-refractivity contribution in [1.82, 2.24) is 0 Å². The molecule has 2 aromatic carbocycles. The number of hydrogen-bond donors (Lipinski definition) is 0. The maximum absolute atomic E-state index is 12.8. The second-order valence-electron chi connectivity index (χ2n) is 5.33. The molecule has 0 spiro atoms. The second kappa shape index (κ2) is 7.97. The Hall–Kier alpha value is -3.34. The minimum Gasteiger partial charge on any atom is -0.877 e. The number of allylic oxidation sites excluding steroid dienone is 2. The largest absolute Gasteiger partial charge is 0.877 e. The van der Waals surface area contributed by atoms with Gasteiger partial charge in [0.1, 0.15) is 12.4 Å². The van der Waals surface area contributed by atoms with Crippen molar-refractivity contribution < 1.29 is 14.2 Å². The molecule has 4 nitrogen and oxygen atoms in total. The van der Waals surface area contributed by atoms with Crippen molar-refractivity contribution in [3.63, 3.8) is 0 Å². The molecule has 0 radical (unpaired) electrons. The number of halogens is 1. The molecular formula is C20H15FN2O2-2. The Bertz CT molecular complexity index is 921. The molecule has 1 heterocycles. The number of benzene rings is 2. The Labute approximate surface area is 144 Å². The lowest BCUT2D eigenvalue weighted by Gasteiger charge is -2.22. The van der Waals surface area contributed by atoms with Crippen LogP contribution in [-0.2, 0) is 11.3 Å². The van der Waals surface area contributed by atoms with E-state index in [2.05, 4.69) is 10.5 Å². The molecule has 0 bridgehead atoms. The molecule has 0 amide bonds. The molecule has 1 aliphatic heterocycles. The van der Waals surface area contributed by atoms with Crippen LogP contribution in [0.5, 0.6) is 0 Å². The van der Waals surface area contributed by atoms with Gasteiger partial charge in [-0.25, -0.2) is 4.39 Å². The topological polar surface area (TPSA) is 58.8 Å². The summed E-state index contributed by atoms with van der Waals surface area (Å²) in [6, 6.07) is 13.3. The summed E-state index contributed by atoms with van der Waals surface area (Å²) in [6.07, 6.45) is 8.04. The number of rotatable bonds is 3. The lowest BCUT2D eigenvalue weighted by Crippen LogP contribution is -2.09. The van der Waals surface area contributed by atoms with E-state index in [9.17, 15) is 9.50 Å². The minimum absolute atomic E-state index is 0.277. The lowest BCUT2D eigenvalue weighted by atomic mass is 10.2. The Morgan fingerprint density at radius 2 is 1.68 bits per heavy atom. The van der Waals surface area contributed by atoms with Crippen molar-refractivity contribution in [3.8, 4) is 0 Å². The fourth-order valence-corrected chi connectivity index (χ4v) is 2.10. The fraction of sp³-hybridized carbons (Fsp3) is 0.0500. The van der Waals surface area contributed by atoms with Crippen LogP contribution in [0, 0.1) is 5.82 Å². The maximum atomic E-state index is 12.8. The highest BCUT2D eigenvalue weighted by Crippen LogP contribution is 2.15. The third-order valence-electron chi connectivity index (χ3n) is 3.48. The van der Waals surface area contributed by atoms with E-state index < -0.39 is 0 Å². The van der Waals surface area contributed by atoms with Gasteiger partial charge >= 0.3 is 0 Å². The molecule has 0 saturated heterocycles. The first-order chi connectivity index (χ1) is 12.2. The molecule has 1 aliphatic rings. The zero-order chi connectivity index (χ0) is 17.5. The van der Waals surface area contributed by atoms with E-state index >= 15 is 0 Å². The van der Waals surface area contributed by atoms with E-state index in [0.29, 0.717) is 23.4 Å². The molecule has 126 valence electrons. The first-order valence-corrected chi connectivity index (χ1v) is 7.67. The van der Waals surface area contributed by atoms with Crippen LogP contribution in [0.15, 0.2) is 77.6 Å². The van der Waals surface area contributed by atoms with Crippen LogP contribution < -0.4 is 15.5 Å². The van der Waals surface area contributed by atoms with Crippen LogP contribution in [0.3, 0.4) is 0 Å². The SMILES string of the molecule is [O-]C=c1ccc(=CC=C2C=CC(OCc3ccc(F)cc3)=N[N-]2)cc1. The van der Waals surface area contributed by atoms with Gasteiger partial charge in [-0.05, 0) is 34.2 Å². The van der Waals surface area contributed by atoms with Crippen LogP contribution in [0.2, 0.25) is 0 Å². The van der Waals surface area contributed by atoms with Crippen molar-refractivity contribution in [1.29, 1.82) is 0 Å². The van der Waals surface area contributed by atoms with E-state index in [1.807, 2.05) is 24.3 Å². The van der Waals surface area contributed by atoms with Gasteiger partial charge in [-0.15, -0.1) is 12.0 Å². The Kier molecular flexibility index (Phi) is 5.26. The third kappa shape index (κ3) is 4.81. The summed E-state index contributed by atoms with van der Waals surface area (Å²) in [6.45, 7) is 0.299. The first-order valence-electron chi connectivity index (χ1n) is 7.67. The zero-order valence-electron chi connectivity index (χ0n) is 13.3. The standard InChI is InChI=1S/C20H16FN2O2/c21-18-8-5-17(6-9-18)14-25-20-12-11-19(22-23-20)10-7-15-1-3-16(13-24)4-2-15/h1-13H,14H2,(H,23,24)/q-1/p-1. The first kappa shape index (κ1) is 16.5. The average Bonchev–Trinajstić information content (AvgIpc) is 2.67. The molecule has 0 aromatic heterocycles. The molecule has 0 atom stereocenters. The highest BCUT2D eigenvalue weighted by atomic mass is 19.1. The summed E-state index contributed by atoms with van der Waals surface area (Å²) in [5.74, 6) is 0.122. The van der Waals surface area contributed by atoms with Gasteiger partial charge in [-0.3, -0.25) is 0 Å². The molecule has 0 aliphatic carbocycles. The minimum atomic E-state index is -0.277. The molecule has 2 aromatic rings. The van der Waals surface area contributed by atoms with Crippen LogP contribution in [0.1, 0.15) is 5.56 Å². The highest BCUT2D eigenvalue weighted by Gasteiger charge is 1.98. The smallest absolute Gasteiger partial charge is 0.194 e. The van der Waals surface area contributed by atoms with Crippen molar-refractivity contribution in [2.45, 2.75) is 6.61 Å². The van der Waals surface area contributed by atoms with Crippen molar-refractivity contribution >= 4 is 18.2 Å². The summed E-state index contributed by atoms with van der Waals surface area (Å²) in [7, 11) is 0. The van der Waals surface area contributed by atoms with E-state index in [1.54, 1.807) is 36.4 Å². The summed E-state index contributed by atoms with van der Waals surface area (Å²) in [4.78, 5) is 0. The monoisotopic (exact) mass is 334 g/mol. The van der Waals surface area contributed by atoms with Crippen LogP contribution in [-0.4, -0.2) is 5.90 Å². The molecule has 3 rings (SSSR count). The van der Waals surface area contributed by atoms with Gasteiger partial charge in [-0.2, -0.15) is 0 Å². The van der Waals surface area contributed by atoms with Crippen molar-refractivity contribution in [3.05, 3.63) is 99.7 Å². The molecule has 0 unspecified atom stereocenters. The Balaban J connectivity index is 1.58. The van der Waals surface area contributed by atoms with Crippen LogP contribution >= 0.6 is 0 Å². The normalized spacial score (nSPS) is 14.6. The molecule has 0 N–H and O–H groups in total. The summed E-state index contributed by atoms with van der Waals surface area (Å²) < 4.78 is 18.4. The maximum Gasteiger partial charge on any atom is 0.194 e. The van der Waals surface area contributed by atoms with Crippen molar-refractivity contribution in [2.24, 2.45) is 5.10 Å². The van der Waals surface area contributed by atoms with Gasteiger partial charge in [-0.1, -0.05) is 54.6 Å². The molecule has 5 heteroatoms. The molecular weight excluding hydrogens is 319 g/mol.